The lowest BCUT2D eigenvalue weighted by molar-refractivity contribution is -0.116. The Morgan fingerprint density at radius 3 is 2.42 bits per heavy atom. The van der Waals surface area contributed by atoms with Gasteiger partial charge in [0.1, 0.15) is 5.01 Å². The number of benzene rings is 3. The number of sulfone groups is 1. The molecule has 1 N–H and O–H groups in total. The van der Waals surface area contributed by atoms with Crippen LogP contribution in [-0.2, 0) is 20.4 Å². The van der Waals surface area contributed by atoms with Crippen LogP contribution in [0, 0.1) is 0 Å². The number of fused-ring (bicyclic) bond motifs is 1. The van der Waals surface area contributed by atoms with Crippen LogP contribution in [0.5, 0.6) is 0 Å². The van der Waals surface area contributed by atoms with Crippen LogP contribution in [0.4, 0.5) is 5.69 Å². The zero-order valence-electron chi connectivity index (χ0n) is 16.8. The van der Waals surface area contributed by atoms with E-state index in [4.69, 9.17) is 0 Å². The number of anilines is 1. The van der Waals surface area contributed by atoms with Crippen molar-refractivity contribution in [3.63, 3.8) is 0 Å². The maximum atomic E-state index is 12.5. The summed E-state index contributed by atoms with van der Waals surface area (Å²) < 4.78 is 25.7. The highest BCUT2D eigenvalue weighted by atomic mass is 32.2. The number of carbonyl (C=O) groups excluding carboxylic acids is 1. The standard InChI is InChI=1S/C24H22N2O3S2/c27-23(15-8-16-31(28,29)17-18-9-2-1-3-10-18)25-20-12-5-4-11-19(20)24-26-21-13-6-7-14-22(21)30-24/h1-7,9-14H,8,15-17H2,(H,25,27). The molecule has 0 radical (unpaired) electrons. The minimum absolute atomic E-state index is 0.00407. The third-order valence-corrected chi connectivity index (χ3v) is 7.57. The molecule has 1 heterocycles. The van der Waals surface area contributed by atoms with Crippen molar-refractivity contribution in [2.24, 2.45) is 0 Å². The lowest BCUT2D eigenvalue weighted by Gasteiger charge is -2.09. The molecule has 0 atom stereocenters. The molecular weight excluding hydrogens is 428 g/mol. The van der Waals surface area contributed by atoms with Gasteiger partial charge < -0.3 is 5.32 Å². The average molecular weight is 451 g/mol. The molecule has 31 heavy (non-hydrogen) atoms. The second-order valence-electron chi connectivity index (χ2n) is 7.26. The van der Waals surface area contributed by atoms with E-state index in [0.29, 0.717) is 5.69 Å². The number of nitrogens with zero attached hydrogens (tertiary/aromatic N) is 1. The van der Waals surface area contributed by atoms with E-state index in [9.17, 15) is 13.2 Å². The summed E-state index contributed by atoms with van der Waals surface area (Å²) in [6, 6.07) is 24.5. The molecule has 0 unspecified atom stereocenters. The third-order valence-electron chi connectivity index (χ3n) is 4.81. The predicted molar refractivity (Wildman–Crippen MR) is 127 cm³/mol. The van der Waals surface area contributed by atoms with Gasteiger partial charge in [-0.2, -0.15) is 0 Å². The van der Waals surface area contributed by atoms with Gasteiger partial charge in [-0.1, -0.05) is 54.6 Å². The zero-order chi connectivity index (χ0) is 21.7. The van der Waals surface area contributed by atoms with Crippen molar-refractivity contribution in [2.75, 3.05) is 11.1 Å². The fourth-order valence-electron chi connectivity index (χ4n) is 3.33. The molecule has 7 heteroatoms. The van der Waals surface area contributed by atoms with Gasteiger partial charge in [0.05, 0.1) is 27.4 Å². The molecular formula is C24H22N2O3S2. The second kappa shape index (κ2) is 9.41. The molecule has 0 saturated carbocycles. The van der Waals surface area contributed by atoms with Crippen molar-refractivity contribution >= 4 is 43.0 Å². The molecule has 3 aromatic carbocycles. The predicted octanol–water partition coefficient (Wildman–Crippen LogP) is 5.30. The maximum Gasteiger partial charge on any atom is 0.224 e. The number of para-hydroxylation sites is 2. The molecule has 5 nitrogen and oxygen atoms in total. The number of nitrogens with one attached hydrogen (secondary N) is 1. The van der Waals surface area contributed by atoms with Crippen molar-refractivity contribution in [1.82, 2.24) is 4.98 Å². The van der Waals surface area contributed by atoms with Gasteiger partial charge in [-0.15, -0.1) is 11.3 Å². The van der Waals surface area contributed by atoms with E-state index < -0.39 is 9.84 Å². The molecule has 0 spiro atoms. The van der Waals surface area contributed by atoms with Crippen LogP contribution in [-0.4, -0.2) is 25.1 Å². The number of amides is 1. The first-order valence-corrected chi connectivity index (χ1v) is 12.6. The number of aromatic nitrogens is 1. The fourth-order valence-corrected chi connectivity index (χ4v) is 5.77. The van der Waals surface area contributed by atoms with E-state index in [1.54, 1.807) is 23.5 Å². The molecule has 0 bridgehead atoms. The zero-order valence-corrected chi connectivity index (χ0v) is 18.5. The van der Waals surface area contributed by atoms with E-state index in [2.05, 4.69) is 10.3 Å². The van der Waals surface area contributed by atoms with Crippen LogP contribution in [0.25, 0.3) is 20.8 Å². The Hall–Kier alpha value is -3.03. The van der Waals surface area contributed by atoms with Crippen molar-refractivity contribution in [1.29, 1.82) is 0 Å². The summed E-state index contributed by atoms with van der Waals surface area (Å²) in [5, 5.41) is 3.76. The highest BCUT2D eigenvalue weighted by Gasteiger charge is 2.15. The monoisotopic (exact) mass is 450 g/mol. The van der Waals surface area contributed by atoms with Gasteiger partial charge in [-0.25, -0.2) is 13.4 Å². The van der Waals surface area contributed by atoms with Crippen LogP contribution < -0.4 is 5.32 Å². The van der Waals surface area contributed by atoms with Crippen molar-refractivity contribution in [3.05, 3.63) is 84.4 Å². The van der Waals surface area contributed by atoms with Crippen LogP contribution in [0.3, 0.4) is 0 Å². The summed E-state index contributed by atoms with van der Waals surface area (Å²) >= 11 is 1.57. The lowest BCUT2D eigenvalue weighted by atomic mass is 10.1. The number of rotatable bonds is 8. The summed E-state index contributed by atoms with van der Waals surface area (Å²) in [6.07, 6.45) is 0.423. The van der Waals surface area contributed by atoms with E-state index in [-0.39, 0.29) is 30.3 Å². The Bertz CT molecular complexity index is 1270. The SMILES string of the molecule is O=C(CCCS(=O)(=O)Cc1ccccc1)Nc1ccccc1-c1nc2ccccc2s1. The first kappa shape index (κ1) is 21.2. The van der Waals surface area contributed by atoms with E-state index in [1.807, 2.05) is 66.7 Å². The van der Waals surface area contributed by atoms with Gasteiger partial charge in [-0.3, -0.25) is 4.79 Å². The molecule has 0 fully saturated rings. The minimum atomic E-state index is -3.26. The molecule has 4 aromatic rings. The molecule has 1 aromatic heterocycles. The fraction of sp³-hybridized carbons (Fsp3) is 0.167. The maximum absolute atomic E-state index is 12.5. The quantitative estimate of drug-likeness (QED) is 0.395. The molecule has 0 saturated heterocycles. The van der Waals surface area contributed by atoms with Gasteiger partial charge in [0.25, 0.3) is 0 Å². The summed E-state index contributed by atoms with van der Waals surface area (Å²) in [7, 11) is -3.26. The van der Waals surface area contributed by atoms with Crippen LogP contribution >= 0.6 is 11.3 Å². The van der Waals surface area contributed by atoms with Gasteiger partial charge >= 0.3 is 0 Å². The molecule has 158 valence electrons. The van der Waals surface area contributed by atoms with E-state index in [0.717, 1.165) is 26.4 Å². The topological polar surface area (TPSA) is 76.1 Å². The van der Waals surface area contributed by atoms with Crippen molar-refractivity contribution in [3.8, 4) is 10.6 Å². The van der Waals surface area contributed by atoms with Crippen LogP contribution in [0.15, 0.2) is 78.9 Å². The summed E-state index contributed by atoms with van der Waals surface area (Å²) in [5.41, 5.74) is 3.22. The van der Waals surface area contributed by atoms with Gasteiger partial charge in [0.15, 0.2) is 9.84 Å². The summed E-state index contributed by atoms with van der Waals surface area (Å²) in [5.74, 6) is -0.228. The average Bonchev–Trinajstić information content (AvgIpc) is 3.18. The highest BCUT2D eigenvalue weighted by Crippen LogP contribution is 2.34. The van der Waals surface area contributed by atoms with Gasteiger partial charge in [0.2, 0.25) is 5.91 Å². The van der Waals surface area contributed by atoms with Crippen LogP contribution in [0.2, 0.25) is 0 Å². The third kappa shape index (κ3) is 5.57. The van der Waals surface area contributed by atoms with E-state index >= 15 is 0 Å². The van der Waals surface area contributed by atoms with Gasteiger partial charge in [-0.05, 0) is 36.2 Å². The molecule has 0 aliphatic heterocycles. The number of hydrogen-bond acceptors (Lipinski definition) is 5. The normalized spacial score (nSPS) is 11.5. The Labute approximate surface area is 185 Å². The first-order chi connectivity index (χ1) is 15.0. The minimum Gasteiger partial charge on any atom is -0.325 e. The van der Waals surface area contributed by atoms with Crippen molar-refractivity contribution in [2.45, 2.75) is 18.6 Å². The van der Waals surface area contributed by atoms with E-state index in [1.165, 1.54) is 0 Å². The summed E-state index contributed by atoms with van der Waals surface area (Å²) in [6.45, 7) is 0. The Balaban J connectivity index is 1.38. The largest absolute Gasteiger partial charge is 0.325 e. The first-order valence-electron chi connectivity index (χ1n) is 9.99. The van der Waals surface area contributed by atoms with Crippen molar-refractivity contribution < 1.29 is 13.2 Å². The molecule has 0 aliphatic carbocycles. The lowest BCUT2D eigenvalue weighted by Crippen LogP contribution is -2.15. The number of hydrogen-bond donors (Lipinski definition) is 1. The summed E-state index contributed by atoms with van der Waals surface area (Å²) in [4.78, 5) is 17.2. The molecule has 1 amide bonds. The second-order valence-corrected chi connectivity index (χ2v) is 10.5. The Morgan fingerprint density at radius 2 is 1.61 bits per heavy atom. The molecule has 0 aliphatic rings. The number of carbonyl (C=O) groups is 1. The highest BCUT2D eigenvalue weighted by molar-refractivity contribution is 7.90. The smallest absolute Gasteiger partial charge is 0.224 e. The van der Waals surface area contributed by atoms with Crippen LogP contribution in [0.1, 0.15) is 18.4 Å². The number of thiazole rings is 1. The Kier molecular flexibility index (Phi) is 6.44. The Morgan fingerprint density at radius 1 is 0.903 bits per heavy atom. The molecule has 4 rings (SSSR count). The van der Waals surface area contributed by atoms with Gasteiger partial charge in [0, 0.05) is 12.0 Å².